The van der Waals surface area contributed by atoms with E-state index in [4.69, 9.17) is 4.74 Å². The first-order chi connectivity index (χ1) is 16.0. The van der Waals surface area contributed by atoms with Crippen LogP contribution in [0.3, 0.4) is 0 Å². The second kappa shape index (κ2) is 8.70. The lowest BCUT2D eigenvalue weighted by Crippen LogP contribution is -2.41. The van der Waals surface area contributed by atoms with Gasteiger partial charge in [0.15, 0.2) is 0 Å². The van der Waals surface area contributed by atoms with Gasteiger partial charge < -0.3 is 9.84 Å². The van der Waals surface area contributed by atoms with E-state index in [0.717, 1.165) is 27.8 Å². The standard InChI is InChI=1S/C27H24FNO4/c28-19-11-9-17(10-12-19)13-18-14-25(26(30)31)29(15-18)27(32)33-16-24-22-7-3-1-5-20(22)21-6-2-4-8-23(21)24/h1-12,18,24-25H,13-16H2,(H,30,31). The number of carboxylic acid groups (broad SMARTS) is 1. The molecule has 0 aromatic heterocycles. The minimum Gasteiger partial charge on any atom is -0.480 e. The molecule has 0 spiro atoms. The van der Waals surface area contributed by atoms with Gasteiger partial charge in [0.05, 0.1) is 0 Å². The molecule has 0 bridgehead atoms. The number of aliphatic carboxylic acids is 1. The molecular formula is C27H24FNO4. The molecule has 1 aliphatic heterocycles. The molecule has 0 radical (unpaired) electrons. The molecule has 1 aliphatic carbocycles. The molecule has 5 rings (SSSR count). The summed E-state index contributed by atoms with van der Waals surface area (Å²) in [4.78, 5) is 26.1. The van der Waals surface area contributed by atoms with Crippen LogP contribution in [0.5, 0.6) is 0 Å². The number of rotatable bonds is 5. The Balaban J connectivity index is 1.29. The molecule has 33 heavy (non-hydrogen) atoms. The zero-order valence-corrected chi connectivity index (χ0v) is 18.0. The first-order valence-electron chi connectivity index (χ1n) is 11.1. The number of nitrogens with zero attached hydrogens (tertiary/aromatic N) is 1. The number of carbonyl (C=O) groups is 2. The molecule has 1 fully saturated rings. The van der Waals surface area contributed by atoms with Gasteiger partial charge in [0.2, 0.25) is 0 Å². The number of halogens is 1. The van der Waals surface area contributed by atoms with E-state index in [9.17, 15) is 19.1 Å². The van der Waals surface area contributed by atoms with Crippen molar-refractivity contribution < 1.29 is 23.8 Å². The van der Waals surface area contributed by atoms with Gasteiger partial charge in [0, 0.05) is 12.5 Å². The Morgan fingerprint density at radius 2 is 1.55 bits per heavy atom. The third-order valence-corrected chi connectivity index (χ3v) is 6.68. The van der Waals surface area contributed by atoms with Crippen LogP contribution in [0.1, 0.15) is 29.0 Å². The molecule has 1 N–H and O–H groups in total. The lowest BCUT2D eigenvalue weighted by molar-refractivity contribution is -0.141. The first kappa shape index (κ1) is 21.2. The van der Waals surface area contributed by atoms with Gasteiger partial charge in [-0.15, -0.1) is 0 Å². The lowest BCUT2D eigenvalue weighted by Gasteiger charge is -2.22. The van der Waals surface area contributed by atoms with E-state index >= 15 is 0 Å². The Kier molecular flexibility index (Phi) is 5.58. The molecule has 168 valence electrons. The minimum absolute atomic E-state index is 0.0305. The van der Waals surface area contributed by atoms with Crippen LogP contribution in [-0.2, 0) is 16.0 Å². The summed E-state index contributed by atoms with van der Waals surface area (Å²) in [6.07, 6.45) is 0.319. The molecule has 1 amide bonds. The van der Waals surface area contributed by atoms with E-state index < -0.39 is 18.1 Å². The molecule has 5 nitrogen and oxygen atoms in total. The van der Waals surface area contributed by atoms with Crippen molar-refractivity contribution in [1.29, 1.82) is 0 Å². The van der Waals surface area contributed by atoms with E-state index in [-0.39, 0.29) is 24.3 Å². The minimum atomic E-state index is -1.04. The molecule has 1 saturated heterocycles. The second-order valence-corrected chi connectivity index (χ2v) is 8.74. The fraction of sp³-hybridized carbons (Fsp3) is 0.259. The fourth-order valence-electron chi connectivity index (χ4n) is 5.14. The second-order valence-electron chi connectivity index (χ2n) is 8.74. The smallest absolute Gasteiger partial charge is 0.410 e. The molecule has 2 unspecified atom stereocenters. The molecule has 2 atom stereocenters. The van der Waals surface area contributed by atoms with Crippen molar-refractivity contribution in [3.63, 3.8) is 0 Å². The maximum absolute atomic E-state index is 13.2. The van der Waals surface area contributed by atoms with Crippen molar-refractivity contribution in [2.45, 2.75) is 24.8 Å². The predicted octanol–water partition coefficient (Wildman–Crippen LogP) is 5.09. The number of hydrogen-bond donors (Lipinski definition) is 1. The van der Waals surface area contributed by atoms with Gasteiger partial charge in [-0.1, -0.05) is 60.7 Å². The number of carbonyl (C=O) groups excluding carboxylic acids is 1. The zero-order chi connectivity index (χ0) is 22.9. The van der Waals surface area contributed by atoms with Crippen LogP contribution in [0.4, 0.5) is 9.18 Å². The SMILES string of the molecule is O=C(O)C1CC(Cc2ccc(F)cc2)CN1C(=O)OCC1c2ccccc2-c2ccccc21. The summed E-state index contributed by atoms with van der Waals surface area (Å²) in [5.41, 5.74) is 5.41. The summed E-state index contributed by atoms with van der Waals surface area (Å²) in [5.74, 6) is -1.46. The Bertz CT molecular complexity index is 1150. The highest BCUT2D eigenvalue weighted by atomic mass is 19.1. The van der Waals surface area contributed by atoms with Crippen LogP contribution >= 0.6 is 0 Å². The molecular weight excluding hydrogens is 421 g/mol. The van der Waals surface area contributed by atoms with Crippen molar-refractivity contribution in [2.75, 3.05) is 13.2 Å². The highest BCUT2D eigenvalue weighted by Crippen LogP contribution is 2.44. The van der Waals surface area contributed by atoms with Crippen LogP contribution in [0.2, 0.25) is 0 Å². The first-order valence-corrected chi connectivity index (χ1v) is 11.1. The molecule has 3 aromatic rings. The molecule has 6 heteroatoms. The quantitative estimate of drug-likeness (QED) is 0.594. The normalized spacial score (nSPS) is 19.2. The highest BCUT2D eigenvalue weighted by Gasteiger charge is 2.41. The number of ether oxygens (including phenoxy) is 1. The van der Waals surface area contributed by atoms with Crippen LogP contribution in [-0.4, -0.2) is 41.3 Å². The number of likely N-dealkylation sites (tertiary alicyclic amines) is 1. The third kappa shape index (κ3) is 4.09. The van der Waals surface area contributed by atoms with E-state index in [1.54, 1.807) is 12.1 Å². The van der Waals surface area contributed by atoms with Crippen molar-refractivity contribution in [2.24, 2.45) is 5.92 Å². The van der Waals surface area contributed by atoms with Gasteiger partial charge in [-0.05, 0) is 58.7 Å². The van der Waals surface area contributed by atoms with Crippen LogP contribution in [0.15, 0.2) is 72.8 Å². The van der Waals surface area contributed by atoms with Crippen LogP contribution in [0.25, 0.3) is 11.1 Å². The number of amides is 1. The maximum atomic E-state index is 13.2. The number of fused-ring (bicyclic) bond motifs is 3. The average molecular weight is 445 g/mol. The number of hydrogen-bond acceptors (Lipinski definition) is 3. The zero-order valence-electron chi connectivity index (χ0n) is 18.0. The predicted molar refractivity (Wildman–Crippen MR) is 121 cm³/mol. The van der Waals surface area contributed by atoms with Gasteiger partial charge in [-0.25, -0.2) is 14.0 Å². The van der Waals surface area contributed by atoms with E-state index in [1.807, 2.05) is 36.4 Å². The van der Waals surface area contributed by atoms with Gasteiger partial charge >= 0.3 is 12.1 Å². The summed E-state index contributed by atoms with van der Waals surface area (Å²) >= 11 is 0. The summed E-state index contributed by atoms with van der Waals surface area (Å²) < 4.78 is 18.9. The van der Waals surface area contributed by atoms with E-state index in [1.165, 1.54) is 17.0 Å². The molecule has 0 saturated carbocycles. The lowest BCUT2D eigenvalue weighted by atomic mass is 9.97. The van der Waals surface area contributed by atoms with E-state index in [2.05, 4.69) is 12.1 Å². The molecule has 2 aliphatic rings. The van der Waals surface area contributed by atoms with Crippen LogP contribution in [0, 0.1) is 11.7 Å². The van der Waals surface area contributed by atoms with Crippen molar-refractivity contribution in [3.8, 4) is 11.1 Å². The van der Waals surface area contributed by atoms with Gasteiger partial charge in [-0.2, -0.15) is 0 Å². The van der Waals surface area contributed by atoms with Gasteiger partial charge in [0.1, 0.15) is 18.5 Å². The Labute approximate surface area is 191 Å². The Hall–Kier alpha value is -3.67. The van der Waals surface area contributed by atoms with Gasteiger partial charge in [0.25, 0.3) is 0 Å². The summed E-state index contributed by atoms with van der Waals surface area (Å²) in [5, 5.41) is 9.69. The summed E-state index contributed by atoms with van der Waals surface area (Å²) in [6, 6.07) is 21.4. The number of benzene rings is 3. The van der Waals surface area contributed by atoms with Gasteiger partial charge in [-0.3, -0.25) is 4.90 Å². The van der Waals surface area contributed by atoms with Crippen molar-refractivity contribution in [1.82, 2.24) is 4.90 Å². The fourth-order valence-corrected chi connectivity index (χ4v) is 5.14. The largest absolute Gasteiger partial charge is 0.480 e. The average Bonchev–Trinajstić information content (AvgIpc) is 3.39. The Morgan fingerprint density at radius 3 is 2.15 bits per heavy atom. The van der Waals surface area contributed by atoms with Crippen molar-refractivity contribution >= 4 is 12.1 Å². The summed E-state index contributed by atoms with van der Waals surface area (Å²) in [6.45, 7) is 0.448. The third-order valence-electron chi connectivity index (χ3n) is 6.68. The molecule has 3 aromatic carbocycles. The number of carboxylic acids is 1. The topological polar surface area (TPSA) is 66.8 Å². The highest BCUT2D eigenvalue weighted by molar-refractivity contribution is 5.81. The monoisotopic (exact) mass is 445 g/mol. The van der Waals surface area contributed by atoms with E-state index in [0.29, 0.717) is 19.4 Å². The Morgan fingerprint density at radius 1 is 0.939 bits per heavy atom. The molecule has 1 heterocycles. The van der Waals surface area contributed by atoms with Crippen LogP contribution < -0.4 is 0 Å². The summed E-state index contributed by atoms with van der Waals surface area (Å²) in [7, 11) is 0. The van der Waals surface area contributed by atoms with Crippen molar-refractivity contribution in [3.05, 3.63) is 95.3 Å². The maximum Gasteiger partial charge on any atom is 0.410 e.